The van der Waals surface area contributed by atoms with Crippen molar-refractivity contribution in [3.8, 4) is 0 Å². The van der Waals surface area contributed by atoms with Gasteiger partial charge in [0.15, 0.2) is 0 Å². The van der Waals surface area contributed by atoms with Crippen LogP contribution in [0.2, 0.25) is 0 Å². The number of hydrogen-bond donors (Lipinski definition) is 3. The monoisotopic (exact) mass is 264 g/mol. The van der Waals surface area contributed by atoms with E-state index in [4.69, 9.17) is 10.8 Å². The van der Waals surface area contributed by atoms with Gasteiger partial charge in [-0.2, -0.15) is 0 Å². The molecule has 1 aromatic carbocycles. The van der Waals surface area contributed by atoms with Gasteiger partial charge >= 0.3 is 5.97 Å². The summed E-state index contributed by atoms with van der Waals surface area (Å²) in [6, 6.07) is 6.51. The molecule has 0 aromatic heterocycles. The van der Waals surface area contributed by atoms with E-state index in [1.165, 1.54) is 0 Å². The second-order valence-corrected chi connectivity index (χ2v) is 4.78. The first-order valence-corrected chi connectivity index (χ1v) is 6.24. The Labute approximate surface area is 112 Å². The Balaban J connectivity index is 2.72. The summed E-state index contributed by atoms with van der Waals surface area (Å²) in [5.41, 5.74) is 7.32. The van der Waals surface area contributed by atoms with E-state index < -0.39 is 12.0 Å². The minimum absolute atomic E-state index is 0.143. The fraction of sp³-hybridized carbons (Fsp3) is 0.429. The number of carboxylic acids is 1. The molecule has 0 aliphatic rings. The molecule has 0 aliphatic carbocycles. The van der Waals surface area contributed by atoms with E-state index in [0.29, 0.717) is 6.54 Å². The summed E-state index contributed by atoms with van der Waals surface area (Å²) >= 11 is 0. The zero-order valence-electron chi connectivity index (χ0n) is 11.2. The van der Waals surface area contributed by atoms with Gasteiger partial charge in [-0.3, -0.25) is 4.79 Å². The van der Waals surface area contributed by atoms with E-state index in [2.05, 4.69) is 5.32 Å². The van der Waals surface area contributed by atoms with Crippen LogP contribution in [0.1, 0.15) is 25.0 Å². The zero-order chi connectivity index (χ0) is 14.4. The largest absolute Gasteiger partial charge is 0.480 e. The second-order valence-electron chi connectivity index (χ2n) is 4.78. The lowest BCUT2D eigenvalue weighted by Gasteiger charge is -2.18. The molecule has 5 nitrogen and oxygen atoms in total. The Morgan fingerprint density at radius 3 is 2.32 bits per heavy atom. The molecule has 0 unspecified atom stereocenters. The molecule has 0 fully saturated rings. The standard InChI is InChI=1S/C14H20N2O3/c1-9(2)13(14(18)19)16-12(17)7-10-5-3-4-6-11(10)8-15/h3-6,9,13H,7-8,15H2,1-2H3,(H,16,17)(H,18,19)/t13-/m1/s1. The highest BCUT2D eigenvalue weighted by atomic mass is 16.4. The van der Waals surface area contributed by atoms with Crippen LogP contribution in [0.15, 0.2) is 24.3 Å². The summed E-state index contributed by atoms with van der Waals surface area (Å²) < 4.78 is 0. The number of hydrogen-bond acceptors (Lipinski definition) is 3. The van der Waals surface area contributed by atoms with Crippen molar-refractivity contribution in [3.63, 3.8) is 0 Å². The SMILES string of the molecule is CC(C)[C@@H](NC(=O)Cc1ccccc1CN)C(=O)O. The number of carboxylic acid groups (broad SMARTS) is 1. The summed E-state index contributed by atoms with van der Waals surface area (Å²) in [7, 11) is 0. The topological polar surface area (TPSA) is 92.4 Å². The summed E-state index contributed by atoms with van der Waals surface area (Å²) in [6.07, 6.45) is 0.143. The van der Waals surface area contributed by atoms with Crippen LogP contribution >= 0.6 is 0 Å². The molecule has 0 spiro atoms. The van der Waals surface area contributed by atoms with Crippen LogP contribution in [-0.4, -0.2) is 23.0 Å². The molecule has 0 saturated heterocycles. The molecule has 19 heavy (non-hydrogen) atoms. The smallest absolute Gasteiger partial charge is 0.326 e. The van der Waals surface area contributed by atoms with Crippen molar-refractivity contribution >= 4 is 11.9 Å². The van der Waals surface area contributed by atoms with Gasteiger partial charge in [-0.15, -0.1) is 0 Å². The Morgan fingerprint density at radius 2 is 1.84 bits per heavy atom. The third kappa shape index (κ3) is 4.37. The molecule has 0 aliphatic heterocycles. The number of benzene rings is 1. The highest BCUT2D eigenvalue weighted by Crippen LogP contribution is 2.09. The van der Waals surface area contributed by atoms with Gasteiger partial charge < -0.3 is 16.2 Å². The minimum atomic E-state index is -1.02. The number of amides is 1. The van der Waals surface area contributed by atoms with Crippen molar-refractivity contribution in [1.82, 2.24) is 5.32 Å². The van der Waals surface area contributed by atoms with Gasteiger partial charge in [-0.05, 0) is 17.0 Å². The molecule has 0 saturated carbocycles. The molecular weight excluding hydrogens is 244 g/mol. The zero-order valence-corrected chi connectivity index (χ0v) is 11.2. The number of carbonyl (C=O) groups excluding carboxylic acids is 1. The number of nitrogens with two attached hydrogens (primary N) is 1. The summed E-state index contributed by atoms with van der Waals surface area (Å²) in [4.78, 5) is 22.9. The highest BCUT2D eigenvalue weighted by Gasteiger charge is 2.23. The van der Waals surface area contributed by atoms with Crippen LogP contribution in [0.5, 0.6) is 0 Å². The third-order valence-electron chi connectivity index (χ3n) is 2.94. The van der Waals surface area contributed by atoms with Crippen LogP contribution < -0.4 is 11.1 Å². The predicted octanol–water partition coefficient (Wildman–Crippen LogP) is 0.913. The van der Waals surface area contributed by atoms with Crippen molar-refractivity contribution in [2.75, 3.05) is 0 Å². The predicted molar refractivity (Wildman–Crippen MR) is 72.4 cm³/mol. The van der Waals surface area contributed by atoms with Crippen LogP contribution in [0, 0.1) is 5.92 Å². The van der Waals surface area contributed by atoms with E-state index in [9.17, 15) is 9.59 Å². The van der Waals surface area contributed by atoms with Crippen molar-refractivity contribution in [1.29, 1.82) is 0 Å². The van der Waals surface area contributed by atoms with Crippen LogP contribution in [0.25, 0.3) is 0 Å². The van der Waals surface area contributed by atoms with Crippen LogP contribution in [0.4, 0.5) is 0 Å². The van der Waals surface area contributed by atoms with Gasteiger partial charge in [-0.1, -0.05) is 38.1 Å². The first-order valence-electron chi connectivity index (χ1n) is 6.24. The molecule has 4 N–H and O–H groups in total. The summed E-state index contributed by atoms with van der Waals surface area (Å²) in [5.74, 6) is -1.48. The number of nitrogens with one attached hydrogen (secondary N) is 1. The molecule has 1 amide bonds. The van der Waals surface area contributed by atoms with Crippen LogP contribution in [0.3, 0.4) is 0 Å². The van der Waals surface area contributed by atoms with Crippen molar-refractivity contribution < 1.29 is 14.7 Å². The maximum Gasteiger partial charge on any atom is 0.326 e. The fourth-order valence-corrected chi connectivity index (χ4v) is 1.84. The molecule has 0 heterocycles. The minimum Gasteiger partial charge on any atom is -0.480 e. The first kappa shape index (κ1) is 15.2. The summed E-state index contributed by atoms with van der Waals surface area (Å²) in [5, 5.41) is 11.6. The number of aliphatic carboxylic acids is 1. The maximum atomic E-state index is 11.9. The number of rotatable bonds is 6. The third-order valence-corrected chi connectivity index (χ3v) is 2.94. The molecule has 104 valence electrons. The van der Waals surface area contributed by atoms with Gasteiger partial charge in [0.05, 0.1) is 6.42 Å². The molecular formula is C14H20N2O3. The lowest BCUT2D eigenvalue weighted by molar-refractivity contribution is -0.143. The molecule has 0 bridgehead atoms. The van der Waals surface area contributed by atoms with Gasteiger partial charge in [0.25, 0.3) is 0 Å². The van der Waals surface area contributed by atoms with E-state index in [1.807, 2.05) is 24.3 Å². The van der Waals surface area contributed by atoms with E-state index in [1.54, 1.807) is 13.8 Å². The molecule has 1 rings (SSSR count). The molecule has 1 aromatic rings. The van der Waals surface area contributed by atoms with E-state index in [-0.39, 0.29) is 18.2 Å². The molecule has 5 heteroatoms. The summed E-state index contributed by atoms with van der Waals surface area (Å²) in [6.45, 7) is 3.87. The molecule has 1 atom stereocenters. The Morgan fingerprint density at radius 1 is 1.26 bits per heavy atom. The average molecular weight is 264 g/mol. The second kappa shape index (κ2) is 6.89. The highest BCUT2D eigenvalue weighted by molar-refractivity contribution is 5.85. The van der Waals surface area contributed by atoms with Crippen molar-refractivity contribution in [2.45, 2.75) is 32.9 Å². The van der Waals surface area contributed by atoms with Gasteiger partial charge in [-0.25, -0.2) is 4.79 Å². The normalized spacial score (nSPS) is 12.2. The van der Waals surface area contributed by atoms with Crippen LogP contribution in [-0.2, 0) is 22.6 Å². The Hall–Kier alpha value is -1.88. The van der Waals surface area contributed by atoms with Gasteiger partial charge in [0.1, 0.15) is 6.04 Å². The Bertz CT molecular complexity index is 458. The quantitative estimate of drug-likeness (QED) is 0.712. The average Bonchev–Trinajstić information content (AvgIpc) is 2.36. The number of carbonyl (C=O) groups is 2. The van der Waals surface area contributed by atoms with Crippen molar-refractivity contribution in [2.24, 2.45) is 11.7 Å². The Kier molecular flexibility index (Phi) is 5.51. The molecule has 0 radical (unpaired) electrons. The maximum absolute atomic E-state index is 11.9. The first-order chi connectivity index (χ1) is 8.95. The lowest BCUT2D eigenvalue weighted by atomic mass is 10.0. The lowest BCUT2D eigenvalue weighted by Crippen LogP contribution is -2.45. The van der Waals surface area contributed by atoms with E-state index in [0.717, 1.165) is 11.1 Å². The van der Waals surface area contributed by atoms with Gasteiger partial charge in [0.2, 0.25) is 5.91 Å². The van der Waals surface area contributed by atoms with Gasteiger partial charge in [0, 0.05) is 6.54 Å². The van der Waals surface area contributed by atoms with E-state index >= 15 is 0 Å². The van der Waals surface area contributed by atoms with Crippen molar-refractivity contribution in [3.05, 3.63) is 35.4 Å². The fourth-order valence-electron chi connectivity index (χ4n) is 1.84.